The van der Waals surface area contributed by atoms with Gasteiger partial charge in [-0.2, -0.15) is 0 Å². The van der Waals surface area contributed by atoms with Gasteiger partial charge in [0.25, 0.3) is 5.56 Å². The van der Waals surface area contributed by atoms with Crippen molar-refractivity contribution in [3.63, 3.8) is 0 Å². The lowest BCUT2D eigenvalue weighted by Crippen LogP contribution is -2.24. The minimum absolute atomic E-state index is 0.0431. The number of esters is 1. The van der Waals surface area contributed by atoms with Crippen LogP contribution in [0.15, 0.2) is 41.3 Å². The van der Waals surface area contributed by atoms with Crippen LogP contribution in [0.5, 0.6) is 0 Å². The molecule has 2 heterocycles. The fourth-order valence-electron chi connectivity index (χ4n) is 3.65. The zero-order valence-electron chi connectivity index (χ0n) is 16.7. The lowest BCUT2D eigenvalue weighted by molar-refractivity contribution is -0.120. The number of amides is 1. The number of carbonyl (C=O) groups is 2. The highest BCUT2D eigenvalue weighted by Gasteiger charge is 2.21. The Kier molecular flexibility index (Phi) is 5.94. The number of anilines is 1. The monoisotopic (exact) mass is 425 g/mol. The Hall–Kier alpha value is -3.00. The molecule has 4 rings (SSSR count). The van der Waals surface area contributed by atoms with E-state index >= 15 is 0 Å². The van der Waals surface area contributed by atoms with E-state index in [4.69, 9.17) is 4.74 Å². The average molecular weight is 426 g/mol. The Balaban J connectivity index is 1.35. The molecule has 1 aliphatic rings. The number of aryl methyl sites for hydroxylation is 1. The third kappa shape index (κ3) is 4.59. The number of thiazole rings is 1. The third-order valence-corrected chi connectivity index (χ3v) is 6.15. The molecule has 0 bridgehead atoms. The van der Waals surface area contributed by atoms with E-state index in [0.29, 0.717) is 21.9 Å². The summed E-state index contributed by atoms with van der Waals surface area (Å²) >= 11 is 1.40. The standard InChI is InChI=1S/C22H23N3O4S/c1-14-12-25-19(26)11-18(24-22(25)30-14)13-29-21(28)16-7-9-17(10-8-16)23-20(27)15-5-3-2-4-6-15/h7-12,15H,2-6,13H2,1H3,(H,23,27). The number of hydrogen-bond acceptors (Lipinski definition) is 6. The molecular weight excluding hydrogens is 402 g/mol. The first kappa shape index (κ1) is 20.3. The molecule has 7 nitrogen and oxygen atoms in total. The summed E-state index contributed by atoms with van der Waals surface area (Å²) in [5.74, 6) is -0.393. The molecule has 0 spiro atoms. The molecule has 1 aromatic carbocycles. The topological polar surface area (TPSA) is 89.8 Å². The molecule has 2 aromatic heterocycles. The zero-order chi connectivity index (χ0) is 21.1. The quantitative estimate of drug-likeness (QED) is 0.626. The fourth-order valence-corrected chi connectivity index (χ4v) is 4.50. The van der Waals surface area contributed by atoms with E-state index in [2.05, 4.69) is 10.3 Å². The van der Waals surface area contributed by atoms with Crippen LogP contribution < -0.4 is 10.9 Å². The van der Waals surface area contributed by atoms with Gasteiger partial charge in [0, 0.05) is 28.7 Å². The average Bonchev–Trinajstić information content (AvgIpc) is 3.14. The van der Waals surface area contributed by atoms with Gasteiger partial charge in [0.2, 0.25) is 5.91 Å². The Morgan fingerprint density at radius 3 is 2.67 bits per heavy atom. The van der Waals surface area contributed by atoms with Gasteiger partial charge in [0.1, 0.15) is 6.61 Å². The number of rotatable bonds is 5. The molecule has 1 N–H and O–H groups in total. The van der Waals surface area contributed by atoms with Crippen molar-refractivity contribution in [1.82, 2.24) is 9.38 Å². The number of carbonyl (C=O) groups excluding carboxylic acids is 2. The van der Waals surface area contributed by atoms with E-state index in [-0.39, 0.29) is 24.0 Å². The molecule has 1 saturated carbocycles. The maximum Gasteiger partial charge on any atom is 0.338 e. The highest BCUT2D eigenvalue weighted by Crippen LogP contribution is 2.25. The van der Waals surface area contributed by atoms with E-state index in [1.54, 1.807) is 30.5 Å². The zero-order valence-corrected chi connectivity index (χ0v) is 17.5. The maximum absolute atomic E-state index is 12.3. The minimum atomic E-state index is -0.510. The van der Waals surface area contributed by atoms with Crippen LogP contribution in [0.4, 0.5) is 5.69 Å². The summed E-state index contributed by atoms with van der Waals surface area (Å²) < 4.78 is 6.79. The molecule has 1 aliphatic carbocycles. The largest absolute Gasteiger partial charge is 0.456 e. The summed E-state index contributed by atoms with van der Waals surface area (Å²) in [6, 6.07) is 8.00. The van der Waals surface area contributed by atoms with Gasteiger partial charge in [-0.05, 0) is 44.0 Å². The number of ether oxygens (including phenoxy) is 1. The van der Waals surface area contributed by atoms with Gasteiger partial charge < -0.3 is 10.1 Å². The summed E-state index contributed by atoms with van der Waals surface area (Å²) in [6.45, 7) is 1.82. The van der Waals surface area contributed by atoms with Gasteiger partial charge in [-0.25, -0.2) is 9.78 Å². The molecule has 0 radical (unpaired) electrons. The molecule has 3 aromatic rings. The second-order valence-electron chi connectivity index (χ2n) is 7.56. The summed E-state index contributed by atoms with van der Waals surface area (Å²) in [4.78, 5) is 42.7. The predicted octanol–water partition coefficient (Wildman–Crippen LogP) is 3.94. The normalized spacial score (nSPS) is 14.6. The van der Waals surface area contributed by atoms with E-state index < -0.39 is 5.97 Å². The first-order chi connectivity index (χ1) is 14.5. The van der Waals surface area contributed by atoms with Crippen molar-refractivity contribution in [3.05, 3.63) is 63.0 Å². The van der Waals surface area contributed by atoms with Crippen LogP contribution >= 0.6 is 11.3 Å². The third-order valence-electron chi connectivity index (χ3n) is 5.25. The molecule has 8 heteroatoms. The van der Waals surface area contributed by atoms with Crippen molar-refractivity contribution < 1.29 is 14.3 Å². The van der Waals surface area contributed by atoms with Crippen LogP contribution in [0.3, 0.4) is 0 Å². The van der Waals surface area contributed by atoms with Crippen LogP contribution in [-0.4, -0.2) is 21.3 Å². The van der Waals surface area contributed by atoms with Crippen LogP contribution in [-0.2, 0) is 16.1 Å². The summed E-state index contributed by atoms with van der Waals surface area (Å²) in [7, 11) is 0. The first-order valence-corrected chi connectivity index (χ1v) is 10.9. The number of nitrogens with zero attached hydrogens (tertiary/aromatic N) is 2. The van der Waals surface area contributed by atoms with Crippen LogP contribution in [0.2, 0.25) is 0 Å². The number of hydrogen-bond donors (Lipinski definition) is 1. The summed E-state index contributed by atoms with van der Waals surface area (Å²) in [5.41, 5.74) is 1.24. The number of nitrogens with one attached hydrogen (secondary N) is 1. The van der Waals surface area contributed by atoms with E-state index in [0.717, 1.165) is 30.6 Å². The number of benzene rings is 1. The van der Waals surface area contributed by atoms with Crippen LogP contribution in [0.1, 0.15) is 53.0 Å². The maximum atomic E-state index is 12.3. The van der Waals surface area contributed by atoms with Crippen molar-refractivity contribution in [1.29, 1.82) is 0 Å². The van der Waals surface area contributed by atoms with Gasteiger partial charge in [0.15, 0.2) is 4.96 Å². The Morgan fingerprint density at radius 2 is 1.93 bits per heavy atom. The molecule has 0 saturated heterocycles. The second-order valence-corrected chi connectivity index (χ2v) is 8.77. The van der Waals surface area contributed by atoms with Gasteiger partial charge >= 0.3 is 5.97 Å². The molecular formula is C22H23N3O4S. The Morgan fingerprint density at radius 1 is 1.20 bits per heavy atom. The van der Waals surface area contributed by atoms with Gasteiger partial charge in [-0.15, -0.1) is 11.3 Å². The first-order valence-electron chi connectivity index (χ1n) is 10.1. The molecule has 0 unspecified atom stereocenters. The van der Waals surface area contributed by atoms with Crippen molar-refractivity contribution >= 4 is 33.9 Å². The molecule has 156 valence electrons. The fraction of sp³-hybridized carbons (Fsp3) is 0.364. The summed E-state index contributed by atoms with van der Waals surface area (Å²) in [5, 5.41) is 2.92. The summed E-state index contributed by atoms with van der Waals surface area (Å²) in [6.07, 6.45) is 7.01. The van der Waals surface area contributed by atoms with E-state index in [1.165, 1.54) is 28.2 Å². The second kappa shape index (κ2) is 8.79. The Bertz CT molecular complexity index is 1130. The van der Waals surface area contributed by atoms with Crippen molar-refractivity contribution in [2.45, 2.75) is 45.6 Å². The SMILES string of the molecule is Cc1cn2c(=O)cc(COC(=O)c3ccc(NC(=O)C4CCCCC4)cc3)nc2s1. The lowest BCUT2D eigenvalue weighted by atomic mass is 9.88. The molecule has 30 heavy (non-hydrogen) atoms. The smallest absolute Gasteiger partial charge is 0.338 e. The molecule has 1 fully saturated rings. The number of aromatic nitrogens is 2. The van der Waals surface area contributed by atoms with Crippen molar-refractivity contribution in [2.75, 3.05) is 5.32 Å². The van der Waals surface area contributed by atoms with Crippen molar-refractivity contribution in [2.24, 2.45) is 5.92 Å². The van der Waals surface area contributed by atoms with Crippen LogP contribution in [0.25, 0.3) is 4.96 Å². The van der Waals surface area contributed by atoms with E-state index in [1.807, 2.05) is 6.92 Å². The molecule has 1 amide bonds. The number of fused-ring (bicyclic) bond motifs is 1. The minimum Gasteiger partial charge on any atom is -0.456 e. The molecule has 0 aliphatic heterocycles. The highest BCUT2D eigenvalue weighted by atomic mass is 32.1. The van der Waals surface area contributed by atoms with Crippen LogP contribution in [0, 0.1) is 12.8 Å². The van der Waals surface area contributed by atoms with Gasteiger partial charge in [0.05, 0.1) is 11.3 Å². The lowest BCUT2D eigenvalue weighted by Gasteiger charge is -2.20. The highest BCUT2D eigenvalue weighted by molar-refractivity contribution is 7.16. The molecule has 0 atom stereocenters. The predicted molar refractivity (Wildman–Crippen MR) is 115 cm³/mol. The van der Waals surface area contributed by atoms with Gasteiger partial charge in [-0.1, -0.05) is 19.3 Å². The van der Waals surface area contributed by atoms with Gasteiger partial charge in [-0.3, -0.25) is 14.0 Å². The van der Waals surface area contributed by atoms with Crippen molar-refractivity contribution in [3.8, 4) is 0 Å². The Labute approximate surface area is 177 Å². The van der Waals surface area contributed by atoms with E-state index in [9.17, 15) is 14.4 Å².